The maximum Gasteiger partial charge on any atom is 0.317 e. The number of pyridine rings is 1. The molecule has 5 heteroatoms. The summed E-state index contributed by atoms with van der Waals surface area (Å²) in [4.78, 5) is 14.6. The number of nitrogens with zero attached hydrogens (tertiary/aromatic N) is 2. The first-order chi connectivity index (χ1) is 6.27. The molecule has 3 N–H and O–H groups in total. The SMILES string of the molecule is NC(=O)Nc1cnc2ccccn12. The van der Waals surface area contributed by atoms with Gasteiger partial charge in [0.05, 0.1) is 6.20 Å². The van der Waals surface area contributed by atoms with Gasteiger partial charge in [0.1, 0.15) is 11.5 Å². The van der Waals surface area contributed by atoms with Crippen LogP contribution in [-0.4, -0.2) is 15.4 Å². The molecule has 0 spiro atoms. The maximum absolute atomic E-state index is 10.6. The first kappa shape index (κ1) is 7.60. The van der Waals surface area contributed by atoms with Crippen LogP contribution in [-0.2, 0) is 0 Å². The Morgan fingerprint density at radius 2 is 2.38 bits per heavy atom. The molecule has 0 saturated carbocycles. The van der Waals surface area contributed by atoms with Crippen LogP contribution in [0, 0.1) is 0 Å². The van der Waals surface area contributed by atoms with Gasteiger partial charge >= 0.3 is 6.03 Å². The fourth-order valence-corrected chi connectivity index (χ4v) is 1.15. The predicted octanol–water partition coefficient (Wildman–Crippen LogP) is 0.825. The van der Waals surface area contributed by atoms with Gasteiger partial charge in [0, 0.05) is 6.20 Å². The van der Waals surface area contributed by atoms with Gasteiger partial charge in [0.2, 0.25) is 0 Å². The molecule has 2 amide bonds. The third-order valence-electron chi connectivity index (χ3n) is 1.67. The Labute approximate surface area is 74.2 Å². The number of aromatic nitrogens is 2. The molecular formula is C8H8N4O. The van der Waals surface area contributed by atoms with Crippen LogP contribution in [0.1, 0.15) is 0 Å². The average molecular weight is 176 g/mol. The molecule has 0 unspecified atom stereocenters. The van der Waals surface area contributed by atoms with Gasteiger partial charge in [-0.05, 0) is 12.1 Å². The highest BCUT2D eigenvalue weighted by Gasteiger charge is 2.02. The van der Waals surface area contributed by atoms with Gasteiger partial charge in [0.25, 0.3) is 0 Å². The van der Waals surface area contributed by atoms with Crippen LogP contribution >= 0.6 is 0 Å². The molecule has 0 aliphatic heterocycles. The van der Waals surface area contributed by atoms with Crippen molar-refractivity contribution in [3.8, 4) is 0 Å². The predicted molar refractivity (Wildman–Crippen MR) is 48.4 cm³/mol. The number of anilines is 1. The smallest absolute Gasteiger partial charge is 0.317 e. The van der Waals surface area contributed by atoms with Crippen molar-refractivity contribution in [1.82, 2.24) is 9.38 Å². The van der Waals surface area contributed by atoms with E-state index in [1.165, 1.54) is 0 Å². The van der Waals surface area contributed by atoms with Crippen LogP contribution in [0.25, 0.3) is 5.65 Å². The van der Waals surface area contributed by atoms with E-state index in [1.807, 2.05) is 18.2 Å². The van der Waals surface area contributed by atoms with E-state index in [0.717, 1.165) is 5.65 Å². The largest absolute Gasteiger partial charge is 0.351 e. The second-order valence-corrected chi connectivity index (χ2v) is 2.56. The molecule has 0 radical (unpaired) electrons. The Hall–Kier alpha value is -2.04. The summed E-state index contributed by atoms with van der Waals surface area (Å²) in [5.74, 6) is 0.572. The molecular weight excluding hydrogens is 168 g/mol. The van der Waals surface area contributed by atoms with Crippen LogP contribution in [0.2, 0.25) is 0 Å². The topological polar surface area (TPSA) is 72.4 Å². The molecule has 2 aromatic rings. The maximum atomic E-state index is 10.6. The van der Waals surface area contributed by atoms with Crippen molar-refractivity contribution in [3.05, 3.63) is 30.6 Å². The van der Waals surface area contributed by atoms with E-state index >= 15 is 0 Å². The lowest BCUT2D eigenvalue weighted by molar-refractivity contribution is 0.259. The molecule has 2 heterocycles. The van der Waals surface area contributed by atoms with Crippen LogP contribution in [0.4, 0.5) is 10.6 Å². The number of nitrogens with two attached hydrogens (primary N) is 1. The van der Waals surface area contributed by atoms with Crippen molar-refractivity contribution in [1.29, 1.82) is 0 Å². The van der Waals surface area contributed by atoms with Gasteiger partial charge in [-0.25, -0.2) is 9.78 Å². The molecule has 0 bridgehead atoms. The Kier molecular flexibility index (Phi) is 1.63. The number of carbonyl (C=O) groups is 1. The quantitative estimate of drug-likeness (QED) is 0.675. The highest BCUT2D eigenvalue weighted by Crippen LogP contribution is 2.09. The van der Waals surface area contributed by atoms with Crippen LogP contribution < -0.4 is 11.1 Å². The summed E-state index contributed by atoms with van der Waals surface area (Å²) < 4.78 is 1.74. The van der Waals surface area contributed by atoms with Crippen LogP contribution in [0.3, 0.4) is 0 Å². The highest BCUT2D eigenvalue weighted by molar-refractivity contribution is 5.87. The number of fused-ring (bicyclic) bond motifs is 1. The van der Waals surface area contributed by atoms with Gasteiger partial charge < -0.3 is 5.73 Å². The third-order valence-corrected chi connectivity index (χ3v) is 1.67. The van der Waals surface area contributed by atoms with Crippen molar-refractivity contribution in [3.63, 3.8) is 0 Å². The molecule has 0 saturated heterocycles. The van der Waals surface area contributed by atoms with Crippen molar-refractivity contribution in [2.75, 3.05) is 5.32 Å². The number of urea groups is 1. The molecule has 5 nitrogen and oxygen atoms in total. The van der Waals surface area contributed by atoms with Gasteiger partial charge in [0.15, 0.2) is 0 Å². The van der Waals surface area contributed by atoms with Crippen LogP contribution in [0.15, 0.2) is 30.6 Å². The molecule has 0 aliphatic carbocycles. The molecule has 2 aromatic heterocycles. The lowest BCUT2D eigenvalue weighted by Gasteiger charge is -1.99. The first-order valence-corrected chi connectivity index (χ1v) is 3.76. The summed E-state index contributed by atoms with van der Waals surface area (Å²) in [5.41, 5.74) is 5.75. The summed E-state index contributed by atoms with van der Waals surface area (Å²) in [6, 6.07) is 4.97. The number of hydrogen-bond acceptors (Lipinski definition) is 2. The summed E-state index contributed by atoms with van der Waals surface area (Å²) in [6.07, 6.45) is 3.35. The molecule has 0 aliphatic rings. The number of imidazole rings is 1. The second kappa shape index (κ2) is 2.78. The number of nitrogens with one attached hydrogen (secondary N) is 1. The van der Waals surface area contributed by atoms with E-state index in [4.69, 9.17) is 5.73 Å². The van der Waals surface area contributed by atoms with E-state index in [-0.39, 0.29) is 0 Å². The van der Waals surface area contributed by atoms with Crippen molar-refractivity contribution < 1.29 is 4.79 Å². The van der Waals surface area contributed by atoms with Gasteiger partial charge in [-0.2, -0.15) is 0 Å². The van der Waals surface area contributed by atoms with E-state index < -0.39 is 6.03 Å². The summed E-state index contributed by atoms with van der Waals surface area (Å²) >= 11 is 0. The normalized spacial score (nSPS) is 10.2. The van der Waals surface area contributed by atoms with E-state index in [1.54, 1.807) is 16.8 Å². The zero-order valence-electron chi connectivity index (χ0n) is 6.77. The fourth-order valence-electron chi connectivity index (χ4n) is 1.15. The van der Waals surface area contributed by atoms with Crippen molar-refractivity contribution >= 4 is 17.5 Å². The minimum absolute atomic E-state index is 0.572. The number of rotatable bonds is 1. The molecule has 0 aromatic carbocycles. The minimum Gasteiger partial charge on any atom is -0.351 e. The minimum atomic E-state index is -0.592. The third kappa shape index (κ3) is 1.31. The molecule has 0 fully saturated rings. The Balaban J connectivity index is 2.51. The van der Waals surface area contributed by atoms with E-state index in [9.17, 15) is 4.79 Å². The van der Waals surface area contributed by atoms with Gasteiger partial charge in [-0.3, -0.25) is 9.72 Å². The Bertz CT molecular complexity index is 448. The average Bonchev–Trinajstić information content (AvgIpc) is 2.48. The van der Waals surface area contributed by atoms with Crippen molar-refractivity contribution in [2.24, 2.45) is 5.73 Å². The zero-order valence-corrected chi connectivity index (χ0v) is 6.77. The van der Waals surface area contributed by atoms with E-state index in [0.29, 0.717) is 5.82 Å². The highest BCUT2D eigenvalue weighted by atomic mass is 16.2. The number of primary amides is 1. The van der Waals surface area contributed by atoms with Gasteiger partial charge in [-0.1, -0.05) is 6.07 Å². The number of carbonyl (C=O) groups excluding carboxylic acids is 1. The Morgan fingerprint density at radius 1 is 1.54 bits per heavy atom. The fraction of sp³-hybridized carbons (Fsp3) is 0. The van der Waals surface area contributed by atoms with E-state index in [2.05, 4.69) is 10.3 Å². The number of amides is 2. The van der Waals surface area contributed by atoms with Crippen LogP contribution in [0.5, 0.6) is 0 Å². The standard InChI is InChI=1S/C8H8N4O/c9-8(13)11-7-5-10-6-3-1-2-4-12(6)7/h1-5H,(H3,9,11,13). The summed E-state index contributed by atoms with van der Waals surface area (Å²) in [6.45, 7) is 0. The molecule has 66 valence electrons. The molecule has 2 rings (SSSR count). The second-order valence-electron chi connectivity index (χ2n) is 2.56. The molecule has 0 atom stereocenters. The van der Waals surface area contributed by atoms with Gasteiger partial charge in [-0.15, -0.1) is 0 Å². The monoisotopic (exact) mass is 176 g/mol. The lowest BCUT2D eigenvalue weighted by Crippen LogP contribution is -2.20. The molecule has 13 heavy (non-hydrogen) atoms. The lowest BCUT2D eigenvalue weighted by atomic mass is 10.5. The zero-order chi connectivity index (χ0) is 9.26. The summed E-state index contributed by atoms with van der Waals surface area (Å²) in [5, 5.41) is 2.47. The first-order valence-electron chi connectivity index (χ1n) is 3.76. The van der Waals surface area contributed by atoms with Crippen molar-refractivity contribution in [2.45, 2.75) is 0 Å². The summed E-state index contributed by atoms with van der Waals surface area (Å²) in [7, 11) is 0. The Morgan fingerprint density at radius 3 is 3.15 bits per heavy atom. The number of hydrogen-bond donors (Lipinski definition) is 2.